The SMILES string of the molecule is CN(CCC(=O)Nc1ccc(F)cc1F)C[C@H]1COCCO1. The van der Waals surface area contributed by atoms with Crippen LogP contribution >= 0.6 is 0 Å². The van der Waals surface area contributed by atoms with Crippen molar-refractivity contribution in [1.82, 2.24) is 4.90 Å². The van der Waals surface area contributed by atoms with E-state index in [-0.39, 0.29) is 24.1 Å². The highest BCUT2D eigenvalue weighted by Crippen LogP contribution is 2.15. The lowest BCUT2D eigenvalue weighted by molar-refractivity contribution is -0.117. The highest BCUT2D eigenvalue weighted by atomic mass is 19.1. The number of rotatable bonds is 6. The van der Waals surface area contributed by atoms with Crippen LogP contribution in [-0.2, 0) is 14.3 Å². The molecular formula is C15H20F2N2O3. The van der Waals surface area contributed by atoms with Crippen molar-refractivity contribution in [3.63, 3.8) is 0 Å². The van der Waals surface area contributed by atoms with Gasteiger partial charge in [-0.3, -0.25) is 4.79 Å². The summed E-state index contributed by atoms with van der Waals surface area (Å²) < 4.78 is 37.0. The molecule has 1 fully saturated rings. The number of likely N-dealkylation sites (N-methyl/N-ethyl adjacent to an activating group) is 1. The van der Waals surface area contributed by atoms with Gasteiger partial charge in [-0.1, -0.05) is 0 Å². The number of ether oxygens (including phenoxy) is 2. The Morgan fingerprint density at radius 3 is 2.91 bits per heavy atom. The molecule has 0 spiro atoms. The summed E-state index contributed by atoms with van der Waals surface area (Å²) in [4.78, 5) is 13.8. The van der Waals surface area contributed by atoms with Crippen LogP contribution in [-0.4, -0.2) is 56.9 Å². The Morgan fingerprint density at radius 2 is 2.23 bits per heavy atom. The second kappa shape index (κ2) is 8.17. The molecule has 1 saturated heterocycles. The van der Waals surface area contributed by atoms with Crippen LogP contribution in [0.5, 0.6) is 0 Å². The number of anilines is 1. The summed E-state index contributed by atoms with van der Waals surface area (Å²) in [7, 11) is 1.88. The molecule has 2 rings (SSSR count). The first-order chi connectivity index (χ1) is 10.5. The van der Waals surface area contributed by atoms with E-state index in [1.54, 1.807) is 0 Å². The van der Waals surface area contributed by atoms with Crippen LogP contribution in [0.1, 0.15) is 6.42 Å². The number of nitrogens with one attached hydrogen (secondary N) is 1. The highest BCUT2D eigenvalue weighted by Gasteiger charge is 2.17. The molecule has 0 aromatic heterocycles. The highest BCUT2D eigenvalue weighted by molar-refractivity contribution is 5.90. The van der Waals surface area contributed by atoms with Gasteiger partial charge in [0.2, 0.25) is 5.91 Å². The average Bonchev–Trinajstić information content (AvgIpc) is 2.49. The smallest absolute Gasteiger partial charge is 0.225 e. The van der Waals surface area contributed by atoms with Crippen LogP contribution in [0.3, 0.4) is 0 Å². The summed E-state index contributed by atoms with van der Waals surface area (Å²) in [5, 5.41) is 2.43. The zero-order chi connectivity index (χ0) is 15.9. The summed E-state index contributed by atoms with van der Waals surface area (Å²) in [5.74, 6) is -1.78. The lowest BCUT2D eigenvalue weighted by Gasteiger charge is -2.27. The summed E-state index contributed by atoms with van der Waals surface area (Å²) in [6.07, 6.45) is 0.220. The molecule has 5 nitrogen and oxygen atoms in total. The normalized spacial score (nSPS) is 18.5. The Kier molecular flexibility index (Phi) is 6.23. The predicted octanol–water partition coefficient (Wildman–Crippen LogP) is 1.64. The monoisotopic (exact) mass is 314 g/mol. The Hall–Kier alpha value is -1.57. The number of amides is 1. The summed E-state index contributed by atoms with van der Waals surface area (Å²) in [6, 6.07) is 3.05. The first kappa shape index (κ1) is 16.8. The standard InChI is InChI=1S/C15H20F2N2O3/c1-19(9-12-10-21-6-7-22-12)5-4-15(20)18-14-3-2-11(16)8-13(14)17/h2-3,8,12H,4-7,9-10H2,1H3,(H,18,20)/t12-/m0/s1. The van der Waals surface area contributed by atoms with Gasteiger partial charge in [0.1, 0.15) is 11.6 Å². The Bertz CT molecular complexity index is 508. The van der Waals surface area contributed by atoms with Crippen molar-refractivity contribution in [1.29, 1.82) is 0 Å². The van der Waals surface area contributed by atoms with Gasteiger partial charge < -0.3 is 19.7 Å². The van der Waals surface area contributed by atoms with Crippen LogP contribution < -0.4 is 5.32 Å². The van der Waals surface area contributed by atoms with E-state index in [9.17, 15) is 13.6 Å². The Labute approximate surface area is 128 Å². The maximum atomic E-state index is 13.4. The second-order valence-corrected chi connectivity index (χ2v) is 5.25. The van der Waals surface area contributed by atoms with Gasteiger partial charge in [-0.25, -0.2) is 8.78 Å². The van der Waals surface area contributed by atoms with Crippen LogP contribution in [0, 0.1) is 11.6 Å². The molecule has 22 heavy (non-hydrogen) atoms. The number of hydrogen-bond acceptors (Lipinski definition) is 4. The summed E-state index contributed by atoms with van der Waals surface area (Å²) >= 11 is 0. The molecule has 1 atom stereocenters. The fourth-order valence-corrected chi connectivity index (χ4v) is 2.18. The molecule has 0 saturated carbocycles. The third-order valence-electron chi connectivity index (χ3n) is 3.33. The van der Waals surface area contributed by atoms with Crippen molar-refractivity contribution < 1.29 is 23.0 Å². The molecule has 1 heterocycles. The zero-order valence-electron chi connectivity index (χ0n) is 12.5. The van der Waals surface area contributed by atoms with E-state index in [4.69, 9.17) is 9.47 Å². The third-order valence-corrected chi connectivity index (χ3v) is 3.33. The van der Waals surface area contributed by atoms with Crippen molar-refractivity contribution in [2.24, 2.45) is 0 Å². The van der Waals surface area contributed by atoms with Gasteiger partial charge in [0.15, 0.2) is 0 Å². The Balaban J connectivity index is 1.72. The van der Waals surface area contributed by atoms with E-state index in [1.807, 2.05) is 11.9 Å². The quantitative estimate of drug-likeness (QED) is 0.867. The van der Waals surface area contributed by atoms with Crippen molar-refractivity contribution in [3.05, 3.63) is 29.8 Å². The van der Waals surface area contributed by atoms with Crippen molar-refractivity contribution >= 4 is 11.6 Å². The number of halogens is 2. The summed E-state index contributed by atoms with van der Waals surface area (Å²) in [6.45, 7) is 2.93. The molecule has 0 radical (unpaired) electrons. The van der Waals surface area contributed by atoms with Crippen LogP contribution in [0.4, 0.5) is 14.5 Å². The van der Waals surface area contributed by atoms with Crippen LogP contribution in [0.2, 0.25) is 0 Å². The van der Waals surface area contributed by atoms with E-state index < -0.39 is 11.6 Å². The van der Waals surface area contributed by atoms with E-state index in [1.165, 1.54) is 6.07 Å². The third kappa shape index (κ3) is 5.32. The van der Waals surface area contributed by atoms with Crippen molar-refractivity contribution in [2.75, 3.05) is 45.3 Å². The zero-order valence-corrected chi connectivity index (χ0v) is 12.5. The van der Waals surface area contributed by atoms with Gasteiger partial charge in [-0.2, -0.15) is 0 Å². The number of carbonyl (C=O) groups is 1. The van der Waals surface area contributed by atoms with Gasteiger partial charge in [0, 0.05) is 25.6 Å². The molecular weight excluding hydrogens is 294 g/mol. The van der Waals surface area contributed by atoms with Crippen LogP contribution in [0.25, 0.3) is 0 Å². The van der Waals surface area contributed by atoms with Gasteiger partial charge >= 0.3 is 0 Å². The number of benzene rings is 1. The fraction of sp³-hybridized carbons (Fsp3) is 0.533. The number of carbonyl (C=O) groups excluding carboxylic acids is 1. The molecule has 1 aliphatic rings. The number of hydrogen-bond donors (Lipinski definition) is 1. The van der Waals surface area contributed by atoms with Gasteiger partial charge in [0.05, 0.1) is 31.6 Å². The molecule has 1 N–H and O–H groups in total. The minimum Gasteiger partial charge on any atom is -0.376 e. The molecule has 122 valence electrons. The van der Waals surface area contributed by atoms with Gasteiger partial charge in [-0.05, 0) is 19.2 Å². The molecule has 0 unspecified atom stereocenters. The predicted molar refractivity (Wildman–Crippen MR) is 77.7 cm³/mol. The lowest BCUT2D eigenvalue weighted by atomic mass is 10.2. The topological polar surface area (TPSA) is 50.8 Å². The number of nitrogens with zero attached hydrogens (tertiary/aromatic N) is 1. The molecule has 1 aromatic rings. The van der Waals surface area contributed by atoms with Crippen molar-refractivity contribution in [2.45, 2.75) is 12.5 Å². The molecule has 1 aliphatic heterocycles. The average molecular weight is 314 g/mol. The van der Waals surface area contributed by atoms with E-state index in [2.05, 4.69) is 5.32 Å². The minimum absolute atomic E-state index is 0.0105. The van der Waals surface area contributed by atoms with E-state index in [0.29, 0.717) is 32.9 Å². The maximum absolute atomic E-state index is 13.4. The molecule has 1 amide bonds. The minimum atomic E-state index is -0.783. The van der Waals surface area contributed by atoms with Gasteiger partial charge in [0.25, 0.3) is 0 Å². The maximum Gasteiger partial charge on any atom is 0.225 e. The van der Waals surface area contributed by atoms with Crippen molar-refractivity contribution in [3.8, 4) is 0 Å². The largest absolute Gasteiger partial charge is 0.376 e. The van der Waals surface area contributed by atoms with E-state index >= 15 is 0 Å². The molecule has 1 aromatic carbocycles. The molecule has 0 aliphatic carbocycles. The second-order valence-electron chi connectivity index (χ2n) is 5.25. The first-order valence-electron chi connectivity index (χ1n) is 7.17. The Morgan fingerprint density at radius 1 is 1.41 bits per heavy atom. The molecule has 7 heteroatoms. The van der Waals surface area contributed by atoms with Gasteiger partial charge in [-0.15, -0.1) is 0 Å². The van der Waals surface area contributed by atoms with E-state index in [0.717, 1.165) is 12.1 Å². The molecule has 0 bridgehead atoms. The first-order valence-corrected chi connectivity index (χ1v) is 7.17. The lowest BCUT2D eigenvalue weighted by Crippen LogP contribution is -2.39. The summed E-state index contributed by atoms with van der Waals surface area (Å²) in [5.41, 5.74) is -0.0157. The van der Waals surface area contributed by atoms with Crippen LogP contribution in [0.15, 0.2) is 18.2 Å². The fourth-order valence-electron chi connectivity index (χ4n) is 2.18.